The molecule has 2 rings (SSSR count). The van der Waals surface area contributed by atoms with Crippen molar-refractivity contribution in [1.29, 1.82) is 5.26 Å². The van der Waals surface area contributed by atoms with Crippen LogP contribution in [-0.4, -0.2) is 4.98 Å². The number of hydrogen-bond donors (Lipinski definition) is 1. The molecule has 3 nitrogen and oxygen atoms in total. The van der Waals surface area contributed by atoms with Crippen LogP contribution >= 0.6 is 22.9 Å². The summed E-state index contributed by atoms with van der Waals surface area (Å²) in [7, 11) is 0. The Kier molecular flexibility index (Phi) is 3.57. The molecule has 0 aliphatic rings. The SMILES string of the molecule is N#Cc1cccc(F)c1NCc1cnc(Cl)s1. The molecule has 0 bridgehead atoms. The molecule has 0 atom stereocenters. The van der Waals surface area contributed by atoms with Gasteiger partial charge in [0.2, 0.25) is 0 Å². The molecule has 0 saturated heterocycles. The molecule has 0 saturated carbocycles. The molecule has 1 N–H and O–H groups in total. The molecule has 17 heavy (non-hydrogen) atoms. The maximum Gasteiger partial charge on any atom is 0.183 e. The molecule has 1 heterocycles. The quantitative estimate of drug-likeness (QED) is 0.927. The highest BCUT2D eigenvalue weighted by Gasteiger charge is 2.08. The maximum absolute atomic E-state index is 13.5. The average molecular weight is 268 g/mol. The third kappa shape index (κ3) is 2.73. The van der Waals surface area contributed by atoms with E-state index in [0.29, 0.717) is 11.0 Å². The zero-order valence-corrected chi connectivity index (χ0v) is 10.1. The first-order valence-electron chi connectivity index (χ1n) is 4.73. The number of nitriles is 1. The van der Waals surface area contributed by atoms with Crippen LogP contribution in [-0.2, 0) is 6.54 Å². The van der Waals surface area contributed by atoms with E-state index in [1.54, 1.807) is 12.3 Å². The monoisotopic (exact) mass is 267 g/mol. The van der Waals surface area contributed by atoms with E-state index in [1.165, 1.54) is 23.5 Å². The summed E-state index contributed by atoms with van der Waals surface area (Å²) in [6.45, 7) is 0.389. The van der Waals surface area contributed by atoms with Crippen molar-refractivity contribution in [1.82, 2.24) is 4.98 Å². The standard InChI is InChI=1S/C11H7ClFN3S/c12-11-16-6-8(17-11)5-15-10-7(4-14)2-1-3-9(10)13/h1-3,6,15H,5H2. The van der Waals surface area contributed by atoms with Crippen LogP contribution in [0.4, 0.5) is 10.1 Å². The third-order valence-corrected chi connectivity index (χ3v) is 3.21. The Labute approximate surface area is 106 Å². The zero-order valence-electron chi connectivity index (χ0n) is 8.58. The van der Waals surface area contributed by atoms with E-state index < -0.39 is 5.82 Å². The van der Waals surface area contributed by atoms with Gasteiger partial charge in [-0.15, -0.1) is 11.3 Å². The molecule has 1 aromatic carbocycles. The largest absolute Gasteiger partial charge is 0.377 e. The van der Waals surface area contributed by atoms with Gasteiger partial charge in [0.25, 0.3) is 0 Å². The number of thiazole rings is 1. The first-order chi connectivity index (χ1) is 8.20. The molecule has 2 aromatic rings. The van der Waals surface area contributed by atoms with Gasteiger partial charge in [-0.1, -0.05) is 17.7 Å². The number of hydrogen-bond acceptors (Lipinski definition) is 4. The first kappa shape index (κ1) is 11.8. The van der Waals surface area contributed by atoms with Crippen LogP contribution < -0.4 is 5.32 Å². The Morgan fingerprint density at radius 3 is 3.00 bits per heavy atom. The van der Waals surface area contributed by atoms with E-state index in [0.717, 1.165) is 4.88 Å². The van der Waals surface area contributed by atoms with Gasteiger partial charge < -0.3 is 5.32 Å². The minimum absolute atomic E-state index is 0.208. The Hall–Kier alpha value is -1.64. The van der Waals surface area contributed by atoms with Gasteiger partial charge in [-0.25, -0.2) is 9.37 Å². The topological polar surface area (TPSA) is 48.7 Å². The second-order valence-corrected chi connectivity index (χ2v) is 4.90. The van der Waals surface area contributed by atoms with Crippen molar-refractivity contribution >= 4 is 28.6 Å². The summed E-state index contributed by atoms with van der Waals surface area (Å²) in [6, 6.07) is 6.31. The number of anilines is 1. The maximum atomic E-state index is 13.5. The second-order valence-electron chi connectivity index (χ2n) is 3.21. The summed E-state index contributed by atoms with van der Waals surface area (Å²) in [6.07, 6.45) is 1.62. The highest BCUT2D eigenvalue weighted by molar-refractivity contribution is 7.15. The van der Waals surface area contributed by atoms with Crippen LogP contribution in [0, 0.1) is 17.1 Å². The van der Waals surface area contributed by atoms with E-state index in [1.807, 2.05) is 6.07 Å². The van der Waals surface area contributed by atoms with Gasteiger partial charge in [0.1, 0.15) is 11.9 Å². The van der Waals surface area contributed by atoms with Gasteiger partial charge in [-0.2, -0.15) is 5.26 Å². The molecule has 0 unspecified atom stereocenters. The van der Waals surface area contributed by atoms with Crippen molar-refractivity contribution < 1.29 is 4.39 Å². The fourth-order valence-corrected chi connectivity index (χ4v) is 2.26. The highest BCUT2D eigenvalue weighted by atomic mass is 35.5. The van der Waals surface area contributed by atoms with E-state index in [-0.39, 0.29) is 11.3 Å². The van der Waals surface area contributed by atoms with Crippen LogP contribution in [0.15, 0.2) is 24.4 Å². The summed E-state index contributed by atoms with van der Waals surface area (Å²) in [5.74, 6) is -0.445. The van der Waals surface area contributed by atoms with Crippen LogP contribution in [0.5, 0.6) is 0 Å². The summed E-state index contributed by atoms with van der Waals surface area (Å²) in [5.41, 5.74) is 0.486. The van der Waals surface area contributed by atoms with Crippen LogP contribution in [0.25, 0.3) is 0 Å². The van der Waals surface area contributed by atoms with E-state index in [4.69, 9.17) is 16.9 Å². The minimum Gasteiger partial charge on any atom is -0.377 e. The Morgan fingerprint density at radius 2 is 2.35 bits per heavy atom. The average Bonchev–Trinajstić information content (AvgIpc) is 2.73. The molecular formula is C11H7ClFN3S. The first-order valence-corrected chi connectivity index (χ1v) is 5.93. The number of halogens is 2. The number of nitrogens with zero attached hydrogens (tertiary/aromatic N) is 2. The van der Waals surface area contributed by atoms with Crippen LogP contribution in [0.1, 0.15) is 10.4 Å². The van der Waals surface area contributed by atoms with Crippen molar-refractivity contribution in [2.75, 3.05) is 5.32 Å². The van der Waals surface area contributed by atoms with Gasteiger partial charge in [0.15, 0.2) is 4.47 Å². The lowest BCUT2D eigenvalue weighted by Gasteiger charge is -2.07. The summed E-state index contributed by atoms with van der Waals surface area (Å²) < 4.78 is 13.9. The Bertz CT molecular complexity index is 576. The Morgan fingerprint density at radius 1 is 1.53 bits per heavy atom. The van der Waals surface area contributed by atoms with Crippen molar-refractivity contribution in [2.45, 2.75) is 6.54 Å². The van der Waals surface area contributed by atoms with Gasteiger partial charge in [-0.3, -0.25) is 0 Å². The molecule has 0 fully saturated rings. The fourth-order valence-electron chi connectivity index (χ4n) is 1.34. The number of benzene rings is 1. The number of nitrogens with one attached hydrogen (secondary N) is 1. The van der Waals surface area contributed by atoms with Gasteiger partial charge >= 0.3 is 0 Å². The molecule has 0 amide bonds. The Balaban J connectivity index is 2.17. The molecule has 6 heteroatoms. The van der Waals surface area contributed by atoms with Crippen molar-refractivity contribution in [3.05, 3.63) is 45.1 Å². The fraction of sp³-hybridized carbons (Fsp3) is 0.0909. The lowest BCUT2D eigenvalue weighted by Crippen LogP contribution is -2.02. The lowest BCUT2D eigenvalue weighted by molar-refractivity contribution is 0.630. The highest BCUT2D eigenvalue weighted by Crippen LogP contribution is 2.22. The van der Waals surface area contributed by atoms with Crippen molar-refractivity contribution in [3.8, 4) is 6.07 Å². The summed E-state index contributed by atoms with van der Waals surface area (Å²) >= 11 is 7.00. The van der Waals surface area contributed by atoms with Gasteiger partial charge in [-0.05, 0) is 12.1 Å². The predicted octanol–water partition coefficient (Wildman–Crippen LogP) is 3.42. The second kappa shape index (κ2) is 5.13. The summed E-state index contributed by atoms with van der Waals surface area (Å²) in [5, 5.41) is 11.7. The zero-order chi connectivity index (χ0) is 12.3. The van der Waals surface area contributed by atoms with Gasteiger partial charge in [0.05, 0.1) is 17.8 Å². The van der Waals surface area contributed by atoms with Crippen molar-refractivity contribution in [3.63, 3.8) is 0 Å². The number of rotatable bonds is 3. The predicted molar refractivity (Wildman–Crippen MR) is 65.6 cm³/mol. The number of aromatic nitrogens is 1. The molecule has 0 spiro atoms. The van der Waals surface area contributed by atoms with Gasteiger partial charge in [0, 0.05) is 11.1 Å². The third-order valence-electron chi connectivity index (χ3n) is 2.10. The lowest BCUT2D eigenvalue weighted by atomic mass is 10.2. The van der Waals surface area contributed by atoms with E-state index in [9.17, 15) is 4.39 Å². The molecule has 86 valence electrons. The van der Waals surface area contributed by atoms with E-state index in [2.05, 4.69) is 10.3 Å². The van der Waals surface area contributed by atoms with Crippen LogP contribution in [0.3, 0.4) is 0 Å². The normalized spacial score (nSPS) is 9.94. The molecule has 0 aliphatic carbocycles. The number of para-hydroxylation sites is 1. The molecule has 0 aliphatic heterocycles. The summed E-state index contributed by atoms with van der Waals surface area (Å²) in [4.78, 5) is 4.76. The smallest absolute Gasteiger partial charge is 0.183 e. The van der Waals surface area contributed by atoms with Crippen LogP contribution in [0.2, 0.25) is 4.47 Å². The van der Waals surface area contributed by atoms with Crippen molar-refractivity contribution in [2.24, 2.45) is 0 Å². The molecule has 0 radical (unpaired) electrons. The molecular weight excluding hydrogens is 261 g/mol. The minimum atomic E-state index is -0.445. The molecule has 1 aromatic heterocycles. The van der Waals surface area contributed by atoms with E-state index >= 15 is 0 Å².